The largest absolute Gasteiger partial charge is 0.330 e. The van der Waals surface area contributed by atoms with Gasteiger partial charge in [-0.25, -0.2) is 0 Å². The van der Waals surface area contributed by atoms with Gasteiger partial charge in [-0.2, -0.15) is 0 Å². The van der Waals surface area contributed by atoms with Crippen molar-refractivity contribution < 1.29 is 0 Å². The normalized spacial score (nSPS) is 12.7. The molecule has 0 saturated heterocycles. The van der Waals surface area contributed by atoms with Gasteiger partial charge in [-0.3, -0.25) is 0 Å². The van der Waals surface area contributed by atoms with Crippen molar-refractivity contribution in [3.8, 4) is 0 Å². The summed E-state index contributed by atoms with van der Waals surface area (Å²) < 4.78 is 0. The molecular weight excluding hydrogens is 204 g/mol. The highest BCUT2D eigenvalue weighted by Crippen LogP contribution is 2.14. The Morgan fingerprint density at radius 1 is 1.33 bits per heavy atom. The number of hydrogen-bond donors (Lipinski definition) is 2. The molecule has 0 amide bonds. The lowest BCUT2D eigenvalue weighted by molar-refractivity contribution is 0.522. The maximum absolute atomic E-state index is 5.55. The van der Waals surface area contributed by atoms with Gasteiger partial charge >= 0.3 is 0 Å². The van der Waals surface area contributed by atoms with Crippen molar-refractivity contribution in [2.45, 2.75) is 18.4 Å². The average Bonchev–Trinajstić information content (AvgIpc) is 2.29. The van der Waals surface area contributed by atoms with Crippen molar-refractivity contribution in [3.63, 3.8) is 0 Å². The minimum atomic E-state index is 0.551. The van der Waals surface area contributed by atoms with E-state index in [0.717, 1.165) is 19.6 Å². The fraction of sp³-hybridized carbons (Fsp3) is 0.500. The first-order valence-corrected chi connectivity index (χ1v) is 6.52. The van der Waals surface area contributed by atoms with Gasteiger partial charge in [0.25, 0.3) is 0 Å². The lowest BCUT2D eigenvalue weighted by Gasteiger charge is -2.10. The molecule has 1 aromatic rings. The average molecular weight is 224 g/mol. The van der Waals surface area contributed by atoms with Crippen molar-refractivity contribution in [1.82, 2.24) is 5.32 Å². The fourth-order valence-electron chi connectivity index (χ4n) is 1.29. The zero-order valence-corrected chi connectivity index (χ0v) is 10.3. The summed E-state index contributed by atoms with van der Waals surface area (Å²) in [4.78, 5) is 1.31. The Balaban J connectivity index is 2.31. The van der Waals surface area contributed by atoms with E-state index in [4.69, 9.17) is 5.73 Å². The highest BCUT2D eigenvalue weighted by Gasteiger charge is 1.98. The first-order chi connectivity index (χ1) is 7.26. The molecule has 0 radical (unpaired) electrons. The standard InChI is InChI=1S/C12H20N2S/c1-10(7-13)8-14-9-11-3-5-12(15-2)6-4-11/h3-6,10,14H,7-9,13H2,1-2H3. The molecule has 1 atom stereocenters. The molecular formula is C12H20N2S. The lowest BCUT2D eigenvalue weighted by atomic mass is 10.1. The highest BCUT2D eigenvalue weighted by atomic mass is 32.2. The zero-order valence-electron chi connectivity index (χ0n) is 9.49. The van der Waals surface area contributed by atoms with Crippen molar-refractivity contribution in [1.29, 1.82) is 0 Å². The summed E-state index contributed by atoms with van der Waals surface area (Å²) in [5.41, 5.74) is 6.88. The third kappa shape index (κ3) is 4.69. The molecule has 0 fully saturated rings. The minimum absolute atomic E-state index is 0.551. The first kappa shape index (κ1) is 12.6. The van der Waals surface area contributed by atoms with Crippen LogP contribution in [-0.4, -0.2) is 19.3 Å². The number of nitrogens with one attached hydrogen (secondary N) is 1. The van der Waals surface area contributed by atoms with Gasteiger partial charge in [0.2, 0.25) is 0 Å². The van der Waals surface area contributed by atoms with Gasteiger partial charge in [0.15, 0.2) is 0 Å². The Labute approximate surface area is 96.6 Å². The van der Waals surface area contributed by atoms with E-state index in [-0.39, 0.29) is 0 Å². The van der Waals surface area contributed by atoms with Gasteiger partial charge in [0.1, 0.15) is 0 Å². The second-order valence-corrected chi connectivity index (χ2v) is 4.70. The Morgan fingerprint density at radius 2 is 2.00 bits per heavy atom. The second kappa shape index (κ2) is 6.88. The number of nitrogens with two attached hydrogens (primary N) is 1. The molecule has 0 aromatic heterocycles. The van der Waals surface area contributed by atoms with Gasteiger partial charge in [-0.05, 0) is 43.0 Å². The van der Waals surface area contributed by atoms with E-state index in [2.05, 4.69) is 42.8 Å². The third-order valence-corrected chi connectivity index (χ3v) is 3.13. The Kier molecular flexibility index (Phi) is 5.76. The van der Waals surface area contributed by atoms with Crippen LogP contribution in [-0.2, 0) is 6.54 Å². The van der Waals surface area contributed by atoms with E-state index in [9.17, 15) is 0 Å². The molecule has 0 saturated carbocycles. The van der Waals surface area contributed by atoms with Crippen LogP contribution in [0.2, 0.25) is 0 Å². The predicted octanol–water partition coefficient (Wildman–Crippen LogP) is 2.09. The number of rotatable bonds is 6. The molecule has 2 nitrogen and oxygen atoms in total. The molecule has 0 heterocycles. The minimum Gasteiger partial charge on any atom is -0.330 e. The van der Waals surface area contributed by atoms with Crippen LogP contribution in [0, 0.1) is 5.92 Å². The number of thioether (sulfide) groups is 1. The molecule has 1 rings (SSSR count). The molecule has 0 aliphatic carbocycles. The molecule has 84 valence electrons. The summed E-state index contributed by atoms with van der Waals surface area (Å²) in [5, 5.41) is 3.40. The van der Waals surface area contributed by atoms with Crippen LogP contribution < -0.4 is 11.1 Å². The SMILES string of the molecule is CSc1ccc(CNCC(C)CN)cc1. The fourth-order valence-corrected chi connectivity index (χ4v) is 1.70. The van der Waals surface area contributed by atoms with Crippen LogP contribution >= 0.6 is 11.8 Å². The topological polar surface area (TPSA) is 38.0 Å². The van der Waals surface area contributed by atoms with E-state index < -0.39 is 0 Å². The molecule has 15 heavy (non-hydrogen) atoms. The van der Waals surface area contributed by atoms with Crippen LogP contribution in [0.4, 0.5) is 0 Å². The summed E-state index contributed by atoms with van der Waals surface area (Å²) in [6, 6.07) is 8.67. The van der Waals surface area contributed by atoms with Crippen LogP contribution in [0.15, 0.2) is 29.2 Å². The van der Waals surface area contributed by atoms with Gasteiger partial charge in [0.05, 0.1) is 0 Å². The highest BCUT2D eigenvalue weighted by molar-refractivity contribution is 7.98. The molecule has 0 aliphatic heterocycles. The van der Waals surface area contributed by atoms with Gasteiger partial charge in [-0.1, -0.05) is 19.1 Å². The quantitative estimate of drug-likeness (QED) is 0.727. The first-order valence-electron chi connectivity index (χ1n) is 5.30. The Morgan fingerprint density at radius 3 is 2.53 bits per heavy atom. The van der Waals surface area contributed by atoms with E-state index in [1.807, 2.05) is 0 Å². The van der Waals surface area contributed by atoms with E-state index in [0.29, 0.717) is 5.92 Å². The summed E-state index contributed by atoms with van der Waals surface area (Å²) in [5.74, 6) is 0.551. The molecule has 0 aliphatic rings. The van der Waals surface area contributed by atoms with Crippen LogP contribution in [0.5, 0.6) is 0 Å². The van der Waals surface area contributed by atoms with Crippen LogP contribution in [0.1, 0.15) is 12.5 Å². The molecule has 0 spiro atoms. The van der Waals surface area contributed by atoms with Crippen LogP contribution in [0.25, 0.3) is 0 Å². The maximum Gasteiger partial charge on any atom is 0.0205 e. The molecule has 1 aromatic carbocycles. The second-order valence-electron chi connectivity index (χ2n) is 3.82. The summed E-state index contributed by atoms with van der Waals surface area (Å²) >= 11 is 1.77. The Hall–Kier alpha value is -0.510. The maximum atomic E-state index is 5.55. The summed E-state index contributed by atoms with van der Waals surface area (Å²) in [6.07, 6.45) is 2.09. The molecule has 1 unspecified atom stereocenters. The molecule has 3 heteroatoms. The molecule has 3 N–H and O–H groups in total. The van der Waals surface area contributed by atoms with Crippen molar-refractivity contribution in [2.24, 2.45) is 11.7 Å². The van der Waals surface area contributed by atoms with Crippen molar-refractivity contribution in [3.05, 3.63) is 29.8 Å². The van der Waals surface area contributed by atoms with Crippen molar-refractivity contribution in [2.75, 3.05) is 19.3 Å². The predicted molar refractivity (Wildman–Crippen MR) is 68.1 cm³/mol. The monoisotopic (exact) mass is 224 g/mol. The Bertz CT molecular complexity index is 271. The third-order valence-electron chi connectivity index (χ3n) is 2.38. The lowest BCUT2D eigenvalue weighted by Crippen LogP contribution is -2.25. The zero-order chi connectivity index (χ0) is 11.1. The van der Waals surface area contributed by atoms with Crippen LogP contribution in [0.3, 0.4) is 0 Å². The smallest absolute Gasteiger partial charge is 0.0205 e. The van der Waals surface area contributed by atoms with Gasteiger partial charge in [-0.15, -0.1) is 11.8 Å². The van der Waals surface area contributed by atoms with Gasteiger partial charge in [0, 0.05) is 11.4 Å². The van der Waals surface area contributed by atoms with Crippen molar-refractivity contribution >= 4 is 11.8 Å². The summed E-state index contributed by atoms with van der Waals surface area (Å²) in [6.45, 7) is 4.82. The number of benzene rings is 1. The summed E-state index contributed by atoms with van der Waals surface area (Å²) in [7, 11) is 0. The van der Waals surface area contributed by atoms with E-state index >= 15 is 0 Å². The van der Waals surface area contributed by atoms with Gasteiger partial charge < -0.3 is 11.1 Å². The van der Waals surface area contributed by atoms with E-state index in [1.165, 1.54) is 10.5 Å². The number of hydrogen-bond acceptors (Lipinski definition) is 3. The molecule has 0 bridgehead atoms. The van der Waals surface area contributed by atoms with E-state index in [1.54, 1.807) is 11.8 Å².